The lowest BCUT2D eigenvalue weighted by atomic mass is 10.2. The summed E-state index contributed by atoms with van der Waals surface area (Å²) in [5.74, 6) is -1.68. The first-order chi connectivity index (χ1) is 8.81. The first-order valence-electron chi connectivity index (χ1n) is 6.02. The van der Waals surface area contributed by atoms with Gasteiger partial charge in [0.2, 0.25) is 5.91 Å². The number of hydrogen-bond acceptors (Lipinski definition) is 4. The average Bonchev–Trinajstić information content (AvgIpc) is 2.61. The normalized spacial score (nSPS) is 13.9. The second kappa shape index (κ2) is 6.33. The summed E-state index contributed by atoms with van der Waals surface area (Å²) in [7, 11) is 0. The summed E-state index contributed by atoms with van der Waals surface area (Å²) in [6.45, 7) is 5.43. The zero-order valence-corrected chi connectivity index (χ0v) is 11.3. The summed E-state index contributed by atoms with van der Waals surface area (Å²) in [5.41, 5.74) is 1.81. The molecule has 0 aliphatic carbocycles. The van der Waals surface area contributed by atoms with Crippen LogP contribution in [0.25, 0.3) is 0 Å². The van der Waals surface area contributed by atoms with Gasteiger partial charge in [0.25, 0.3) is 0 Å². The number of carboxylic acids is 1. The number of aliphatic hydroxyl groups is 1. The lowest BCUT2D eigenvalue weighted by Crippen LogP contribution is -2.47. The Bertz CT molecular complexity index is 468. The number of rotatable bonds is 6. The Hall–Kier alpha value is -1.89. The number of nitrogens with zero attached hydrogens (tertiary/aromatic N) is 2. The van der Waals surface area contributed by atoms with E-state index in [0.29, 0.717) is 6.54 Å². The van der Waals surface area contributed by atoms with E-state index in [1.807, 2.05) is 19.9 Å². The molecule has 0 aliphatic heterocycles. The molecule has 0 aromatic carbocycles. The predicted molar refractivity (Wildman–Crippen MR) is 67.6 cm³/mol. The first kappa shape index (κ1) is 15.2. The maximum atomic E-state index is 11.6. The summed E-state index contributed by atoms with van der Waals surface area (Å²) in [4.78, 5) is 22.4. The molecule has 2 unspecified atom stereocenters. The number of aromatic nitrogens is 2. The van der Waals surface area contributed by atoms with E-state index in [0.717, 1.165) is 11.4 Å². The summed E-state index contributed by atoms with van der Waals surface area (Å²) in [5, 5.41) is 24.6. The van der Waals surface area contributed by atoms with Crippen LogP contribution < -0.4 is 5.32 Å². The molecule has 0 saturated heterocycles. The molecule has 0 saturated carbocycles. The van der Waals surface area contributed by atoms with Crippen LogP contribution in [0.2, 0.25) is 0 Å². The minimum Gasteiger partial charge on any atom is -0.480 e. The molecule has 7 nitrogen and oxygen atoms in total. The predicted octanol–water partition coefficient (Wildman–Crippen LogP) is -0.160. The topological polar surface area (TPSA) is 104 Å². The second-order valence-electron chi connectivity index (χ2n) is 4.52. The Morgan fingerprint density at radius 1 is 1.47 bits per heavy atom. The first-order valence-corrected chi connectivity index (χ1v) is 6.02. The van der Waals surface area contributed by atoms with Crippen molar-refractivity contribution in [3.8, 4) is 0 Å². The average molecular weight is 269 g/mol. The zero-order valence-electron chi connectivity index (χ0n) is 11.3. The number of aryl methyl sites for hydroxylation is 3. The third-order valence-electron chi connectivity index (χ3n) is 2.72. The zero-order chi connectivity index (χ0) is 14.6. The number of amides is 1. The van der Waals surface area contributed by atoms with Crippen LogP contribution in [0.4, 0.5) is 0 Å². The molecular weight excluding hydrogens is 250 g/mol. The van der Waals surface area contributed by atoms with Gasteiger partial charge >= 0.3 is 5.97 Å². The number of carbonyl (C=O) groups is 2. The minimum atomic E-state index is -1.28. The van der Waals surface area contributed by atoms with E-state index in [2.05, 4.69) is 10.4 Å². The van der Waals surface area contributed by atoms with Crippen LogP contribution in [0.1, 0.15) is 24.7 Å². The van der Waals surface area contributed by atoms with Gasteiger partial charge in [0, 0.05) is 18.7 Å². The lowest BCUT2D eigenvalue weighted by molar-refractivity contribution is -0.144. The highest BCUT2D eigenvalue weighted by molar-refractivity contribution is 5.83. The van der Waals surface area contributed by atoms with Crippen molar-refractivity contribution in [1.82, 2.24) is 15.1 Å². The van der Waals surface area contributed by atoms with Gasteiger partial charge in [0.05, 0.1) is 11.8 Å². The van der Waals surface area contributed by atoms with Crippen LogP contribution in [-0.2, 0) is 16.1 Å². The van der Waals surface area contributed by atoms with Crippen molar-refractivity contribution in [2.75, 3.05) is 0 Å². The van der Waals surface area contributed by atoms with Crippen molar-refractivity contribution in [2.24, 2.45) is 0 Å². The van der Waals surface area contributed by atoms with Gasteiger partial charge in [-0.25, -0.2) is 4.79 Å². The molecule has 7 heteroatoms. The fourth-order valence-electron chi connectivity index (χ4n) is 1.74. The molecule has 0 fully saturated rings. The highest BCUT2D eigenvalue weighted by atomic mass is 16.4. The number of aliphatic hydroxyl groups excluding tert-OH is 1. The smallest absolute Gasteiger partial charge is 0.328 e. The second-order valence-corrected chi connectivity index (χ2v) is 4.52. The molecule has 1 heterocycles. The van der Waals surface area contributed by atoms with E-state index in [-0.39, 0.29) is 6.42 Å². The van der Waals surface area contributed by atoms with E-state index < -0.39 is 24.0 Å². The third kappa shape index (κ3) is 4.36. The molecule has 3 N–H and O–H groups in total. The van der Waals surface area contributed by atoms with Crippen LogP contribution in [0.5, 0.6) is 0 Å². The molecule has 1 rings (SSSR count). The number of carbonyl (C=O) groups excluding carboxylic acids is 1. The van der Waals surface area contributed by atoms with Crippen molar-refractivity contribution >= 4 is 11.9 Å². The van der Waals surface area contributed by atoms with Gasteiger partial charge in [-0.05, 0) is 26.8 Å². The standard InChI is InChI=1S/C12H19N3O4/c1-7-6-8(2)15(14-7)5-4-10(17)13-11(9(3)16)12(18)19/h6,9,11,16H,4-5H2,1-3H3,(H,13,17)(H,18,19). The SMILES string of the molecule is Cc1cc(C)n(CCC(=O)NC(C(=O)O)C(C)O)n1. The third-order valence-corrected chi connectivity index (χ3v) is 2.72. The Balaban J connectivity index is 2.52. The molecule has 1 amide bonds. The molecule has 106 valence electrons. The van der Waals surface area contributed by atoms with Crippen molar-refractivity contribution in [1.29, 1.82) is 0 Å². The molecule has 0 spiro atoms. The van der Waals surface area contributed by atoms with Crippen molar-refractivity contribution in [3.63, 3.8) is 0 Å². The number of hydrogen-bond donors (Lipinski definition) is 3. The highest BCUT2D eigenvalue weighted by Crippen LogP contribution is 2.03. The van der Waals surface area contributed by atoms with Crippen LogP contribution in [0.3, 0.4) is 0 Å². The molecule has 2 atom stereocenters. The van der Waals surface area contributed by atoms with E-state index in [1.54, 1.807) is 4.68 Å². The maximum absolute atomic E-state index is 11.6. The molecular formula is C12H19N3O4. The van der Waals surface area contributed by atoms with Gasteiger partial charge in [-0.15, -0.1) is 0 Å². The Labute approximate surface area is 111 Å². The minimum absolute atomic E-state index is 0.110. The fraction of sp³-hybridized carbons (Fsp3) is 0.583. The van der Waals surface area contributed by atoms with Crippen LogP contribution >= 0.6 is 0 Å². The monoisotopic (exact) mass is 269 g/mol. The Kier molecular flexibility index (Phi) is 5.05. The van der Waals surface area contributed by atoms with Crippen LogP contribution in [-0.4, -0.2) is 44.0 Å². The van der Waals surface area contributed by atoms with Gasteiger partial charge in [-0.1, -0.05) is 0 Å². The van der Waals surface area contributed by atoms with E-state index in [1.165, 1.54) is 6.92 Å². The van der Waals surface area contributed by atoms with Gasteiger partial charge in [-0.2, -0.15) is 5.10 Å². The number of aliphatic carboxylic acids is 1. The van der Waals surface area contributed by atoms with E-state index in [4.69, 9.17) is 5.11 Å². The number of carboxylic acid groups (broad SMARTS) is 1. The van der Waals surface area contributed by atoms with Gasteiger partial charge < -0.3 is 15.5 Å². The Morgan fingerprint density at radius 2 is 2.11 bits per heavy atom. The highest BCUT2D eigenvalue weighted by Gasteiger charge is 2.24. The fourth-order valence-corrected chi connectivity index (χ4v) is 1.74. The molecule has 0 radical (unpaired) electrons. The maximum Gasteiger partial charge on any atom is 0.328 e. The summed E-state index contributed by atoms with van der Waals surface area (Å²) in [6, 6.07) is 0.612. The Morgan fingerprint density at radius 3 is 2.53 bits per heavy atom. The molecule has 0 bridgehead atoms. The summed E-state index contributed by atoms with van der Waals surface area (Å²) < 4.78 is 1.69. The van der Waals surface area contributed by atoms with Crippen molar-refractivity contribution < 1.29 is 19.8 Å². The summed E-state index contributed by atoms with van der Waals surface area (Å²) >= 11 is 0. The van der Waals surface area contributed by atoms with Crippen LogP contribution in [0, 0.1) is 13.8 Å². The lowest BCUT2D eigenvalue weighted by Gasteiger charge is -2.17. The van der Waals surface area contributed by atoms with Gasteiger partial charge in [0.1, 0.15) is 0 Å². The molecule has 1 aromatic rings. The van der Waals surface area contributed by atoms with Gasteiger partial charge in [0.15, 0.2) is 6.04 Å². The molecule has 0 aliphatic rings. The number of nitrogens with one attached hydrogen (secondary N) is 1. The summed E-state index contributed by atoms with van der Waals surface area (Å²) in [6.07, 6.45) is -1.03. The van der Waals surface area contributed by atoms with Crippen LogP contribution in [0.15, 0.2) is 6.07 Å². The van der Waals surface area contributed by atoms with E-state index in [9.17, 15) is 14.7 Å². The van der Waals surface area contributed by atoms with Crippen molar-refractivity contribution in [3.05, 3.63) is 17.5 Å². The largest absolute Gasteiger partial charge is 0.480 e. The quantitative estimate of drug-likeness (QED) is 0.665. The molecule has 19 heavy (non-hydrogen) atoms. The van der Waals surface area contributed by atoms with E-state index >= 15 is 0 Å². The van der Waals surface area contributed by atoms with Crippen molar-refractivity contribution in [2.45, 2.75) is 45.9 Å². The molecule has 1 aromatic heterocycles. The van der Waals surface area contributed by atoms with Gasteiger partial charge in [-0.3, -0.25) is 9.48 Å².